The molecular formula is C22H31NO13S. The van der Waals surface area contributed by atoms with Crippen molar-refractivity contribution in [2.24, 2.45) is 0 Å². The largest absolute Gasteiger partial charge is 0.463 e. The Morgan fingerprint density at radius 1 is 0.865 bits per heavy atom. The molecule has 15 heteroatoms. The van der Waals surface area contributed by atoms with Gasteiger partial charge in [0, 0.05) is 34.1 Å². The van der Waals surface area contributed by atoms with Crippen molar-refractivity contribution in [1.82, 2.24) is 0 Å². The van der Waals surface area contributed by atoms with Crippen molar-refractivity contribution >= 4 is 35.6 Å². The minimum Gasteiger partial charge on any atom is -0.463 e. The summed E-state index contributed by atoms with van der Waals surface area (Å²) in [5.74, 6) is -2.76. The number of carbonyl (C=O) groups is 4. The van der Waals surface area contributed by atoms with Crippen LogP contribution in [-0.2, 0) is 52.3 Å². The normalized spacial score (nSPS) is 33.5. The molecule has 2 aliphatic rings. The molecule has 0 aromatic carbocycles. The maximum absolute atomic E-state index is 11.8. The summed E-state index contributed by atoms with van der Waals surface area (Å²) >= 11 is 1.13. The number of nitriles is 1. The average Bonchev–Trinajstić information content (AvgIpc) is 2.80. The molecule has 4 unspecified atom stereocenters. The first-order valence-electron chi connectivity index (χ1n) is 11.3. The van der Waals surface area contributed by atoms with E-state index in [1.54, 1.807) is 0 Å². The number of hydrogen-bond donors (Lipinski definition) is 2. The van der Waals surface area contributed by atoms with Gasteiger partial charge < -0.3 is 43.4 Å². The van der Waals surface area contributed by atoms with Gasteiger partial charge in [0.25, 0.3) is 0 Å². The van der Waals surface area contributed by atoms with Crippen LogP contribution in [0.3, 0.4) is 0 Å². The zero-order valence-corrected chi connectivity index (χ0v) is 21.6. The van der Waals surface area contributed by atoms with Gasteiger partial charge in [0.2, 0.25) is 0 Å². The van der Waals surface area contributed by atoms with Crippen molar-refractivity contribution in [2.75, 3.05) is 19.0 Å². The lowest BCUT2D eigenvalue weighted by Gasteiger charge is -2.45. The fraction of sp³-hybridized carbons (Fsp3) is 0.773. The van der Waals surface area contributed by atoms with Gasteiger partial charge in [-0.05, 0) is 0 Å². The van der Waals surface area contributed by atoms with Crippen molar-refractivity contribution in [1.29, 1.82) is 5.26 Å². The quantitative estimate of drug-likeness (QED) is 0.253. The number of esters is 4. The first-order valence-corrected chi connectivity index (χ1v) is 12.4. The molecule has 2 heterocycles. The monoisotopic (exact) mass is 549 g/mol. The van der Waals surface area contributed by atoms with Crippen LogP contribution in [0.25, 0.3) is 0 Å². The second kappa shape index (κ2) is 14.5. The average molecular weight is 550 g/mol. The van der Waals surface area contributed by atoms with Gasteiger partial charge in [-0.15, -0.1) is 11.8 Å². The molecule has 0 radical (unpaired) electrons. The Balaban J connectivity index is 2.29. The molecule has 2 fully saturated rings. The lowest BCUT2D eigenvalue weighted by molar-refractivity contribution is -0.328. The van der Waals surface area contributed by atoms with Gasteiger partial charge in [-0.3, -0.25) is 19.2 Å². The Morgan fingerprint density at radius 3 is 1.97 bits per heavy atom. The smallest absolute Gasteiger partial charge is 0.303 e. The SMILES string of the molecule is CC(=O)OCC1O[C@@H](O[C@@H]2CC(SCC#N)OC(COC(C)=O)[C@H]2O)[C@@H](O)C(OC(C)=O)[C@H]1OC(C)=O. The van der Waals surface area contributed by atoms with Gasteiger partial charge in [0.15, 0.2) is 18.5 Å². The van der Waals surface area contributed by atoms with Gasteiger partial charge in [-0.2, -0.15) is 5.26 Å². The molecule has 0 aliphatic carbocycles. The summed E-state index contributed by atoms with van der Waals surface area (Å²) in [6.07, 6.45) is -10.6. The van der Waals surface area contributed by atoms with Gasteiger partial charge in [-0.25, -0.2) is 0 Å². The Kier molecular flexibility index (Phi) is 12.0. The van der Waals surface area contributed by atoms with Gasteiger partial charge in [0.1, 0.15) is 43.1 Å². The van der Waals surface area contributed by atoms with Crippen LogP contribution in [0.2, 0.25) is 0 Å². The van der Waals surface area contributed by atoms with E-state index in [1.807, 2.05) is 6.07 Å². The fourth-order valence-electron chi connectivity index (χ4n) is 3.78. The standard InChI is InChI=1S/C22H31NO13S/c1-10(24)30-8-15-18(28)14(7-17(34-15)37-6-5-23)35-22-19(29)21(33-13(4)27)20(32-12(3)26)16(36-22)9-31-11(2)25/h14-22,28-29H,6-9H2,1-4H3/t14-,15?,16?,17?,18+,19+,20+,21?,22-/m1/s1. The third-order valence-electron chi connectivity index (χ3n) is 5.28. The third kappa shape index (κ3) is 9.40. The van der Waals surface area contributed by atoms with Crippen molar-refractivity contribution in [2.45, 2.75) is 88.6 Å². The van der Waals surface area contributed by atoms with E-state index >= 15 is 0 Å². The lowest BCUT2D eigenvalue weighted by atomic mass is 9.97. The van der Waals surface area contributed by atoms with Crippen LogP contribution in [0.15, 0.2) is 0 Å². The second-order valence-electron chi connectivity index (χ2n) is 8.26. The molecule has 2 aliphatic heterocycles. The maximum Gasteiger partial charge on any atom is 0.303 e. The summed E-state index contributed by atoms with van der Waals surface area (Å²) in [4.78, 5) is 46.1. The Morgan fingerprint density at radius 2 is 1.43 bits per heavy atom. The predicted molar refractivity (Wildman–Crippen MR) is 121 cm³/mol. The van der Waals surface area contributed by atoms with Crippen molar-refractivity contribution < 1.29 is 62.5 Å². The Bertz CT molecular complexity index is 864. The van der Waals surface area contributed by atoms with E-state index in [1.165, 1.54) is 6.92 Å². The van der Waals surface area contributed by atoms with Crippen molar-refractivity contribution in [3.8, 4) is 6.07 Å². The summed E-state index contributed by atoms with van der Waals surface area (Å²) in [7, 11) is 0. The fourth-order valence-corrected chi connectivity index (χ4v) is 4.59. The minimum absolute atomic E-state index is 0.0525. The third-order valence-corrected chi connectivity index (χ3v) is 6.25. The number of ether oxygens (including phenoxy) is 7. The highest BCUT2D eigenvalue weighted by Crippen LogP contribution is 2.34. The van der Waals surface area contributed by atoms with E-state index in [0.29, 0.717) is 0 Å². The molecule has 37 heavy (non-hydrogen) atoms. The minimum atomic E-state index is -1.69. The number of thioether (sulfide) groups is 1. The molecular weight excluding hydrogens is 518 g/mol. The van der Waals surface area contributed by atoms with Crippen LogP contribution in [0, 0.1) is 11.3 Å². The van der Waals surface area contributed by atoms with Crippen molar-refractivity contribution in [3.63, 3.8) is 0 Å². The molecule has 0 amide bonds. The van der Waals surface area contributed by atoms with Crippen LogP contribution in [0.5, 0.6) is 0 Å². The molecule has 2 saturated heterocycles. The lowest BCUT2D eigenvalue weighted by Crippen LogP contribution is -2.63. The number of aliphatic hydroxyl groups excluding tert-OH is 2. The Hall–Kier alpha value is -2.48. The second-order valence-corrected chi connectivity index (χ2v) is 9.41. The summed E-state index contributed by atoms with van der Waals surface area (Å²) in [5.41, 5.74) is -0.635. The molecule has 0 bridgehead atoms. The number of aliphatic hydroxyl groups is 2. The van der Waals surface area contributed by atoms with E-state index in [-0.39, 0.29) is 18.8 Å². The Labute approximate surface area is 217 Å². The van der Waals surface area contributed by atoms with E-state index in [9.17, 15) is 29.4 Å². The first-order chi connectivity index (χ1) is 17.4. The molecule has 2 N–H and O–H groups in total. The van der Waals surface area contributed by atoms with E-state index in [0.717, 1.165) is 32.5 Å². The first kappa shape index (κ1) is 30.7. The molecule has 0 aromatic heterocycles. The van der Waals surface area contributed by atoms with Gasteiger partial charge in [0.05, 0.1) is 17.9 Å². The molecule has 0 saturated carbocycles. The van der Waals surface area contributed by atoms with Crippen LogP contribution in [0.1, 0.15) is 34.1 Å². The highest BCUT2D eigenvalue weighted by atomic mass is 32.2. The molecule has 2 rings (SSSR count). The maximum atomic E-state index is 11.8. The highest BCUT2D eigenvalue weighted by Gasteiger charge is 2.52. The number of hydrogen-bond acceptors (Lipinski definition) is 15. The van der Waals surface area contributed by atoms with Crippen LogP contribution in [0.4, 0.5) is 0 Å². The van der Waals surface area contributed by atoms with Crippen molar-refractivity contribution in [3.05, 3.63) is 0 Å². The summed E-state index contributed by atoms with van der Waals surface area (Å²) < 4.78 is 37.8. The molecule has 0 aromatic rings. The van der Waals surface area contributed by atoms with Crippen LogP contribution >= 0.6 is 11.8 Å². The number of rotatable bonds is 10. The predicted octanol–water partition coefficient (Wildman–Crippen LogP) is -0.820. The summed E-state index contributed by atoms with van der Waals surface area (Å²) in [5, 5.41) is 30.7. The molecule has 9 atom stereocenters. The molecule has 208 valence electrons. The zero-order valence-electron chi connectivity index (χ0n) is 20.8. The van der Waals surface area contributed by atoms with E-state index in [2.05, 4.69) is 0 Å². The molecule has 14 nitrogen and oxygen atoms in total. The molecule has 0 spiro atoms. The van der Waals surface area contributed by atoms with Crippen LogP contribution in [-0.4, -0.2) is 108 Å². The topological polar surface area (TPSA) is 197 Å². The summed E-state index contributed by atoms with van der Waals surface area (Å²) in [6.45, 7) is 3.80. The van der Waals surface area contributed by atoms with E-state index in [4.69, 9.17) is 38.4 Å². The number of carbonyl (C=O) groups excluding carboxylic acids is 4. The number of nitrogens with zero attached hydrogens (tertiary/aromatic N) is 1. The van der Waals surface area contributed by atoms with Crippen LogP contribution < -0.4 is 0 Å². The summed E-state index contributed by atoms with van der Waals surface area (Å²) in [6, 6.07) is 1.97. The zero-order chi connectivity index (χ0) is 27.7. The van der Waals surface area contributed by atoms with Gasteiger partial charge >= 0.3 is 23.9 Å². The van der Waals surface area contributed by atoms with Gasteiger partial charge in [-0.1, -0.05) is 0 Å². The van der Waals surface area contributed by atoms with E-state index < -0.39 is 84.9 Å². The highest BCUT2D eigenvalue weighted by molar-refractivity contribution is 7.99.